The topological polar surface area (TPSA) is 240 Å². The summed E-state index contributed by atoms with van der Waals surface area (Å²) in [6.45, 7) is 13.4. The first kappa shape index (κ1) is 64.1. The number of nitrogens with one attached hydrogen (secondary N) is 2. The van der Waals surface area contributed by atoms with Crippen LogP contribution in [0.25, 0.3) is 89.7 Å². The minimum Gasteiger partial charge on any atom is -0.492 e. The van der Waals surface area contributed by atoms with Crippen LogP contribution in [-0.4, -0.2) is 166 Å². The Hall–Kier alpha value is -10.6. The van der Waals surface area contributed by atoms with Crippen molar-refractivity contribution in [3.05, 3.63) is 192 Å². The fourth-order valence-electron chi connectivity index (χ4n) is 12.1. The fourth-order valence-corrected chi connectivity index (χ4v) is 12.1. The third-order valence-corrected chi connectivity index (χ3v) is 17.3. The van der Waals surface area contributed by atoms with Gasteiger partial charge in [-0.15, -0.1) is 0 Å². The fraction of sp³-hybridized carbons (Fsp3) is 0.263. The normalized spacial score (nSPS) is 11.6. The van der Waals surface area contributed by atoms with Crippen LogP contribution in [-0.2, 0) is 0 Å². The molecule has 490 valence electrons. The minimum absolute atomic E-state index is 0.00920. The van der Waals surface area contributed by atoms with Gasteiger partial charge in [-0.25, -0.2) is 29.9 Å². The molecule has 20 heteroatoms. The highest BCUT2D eigenvalue weighted by Crippen LogP contribution is 2.41. The Morgan fingerprint density at radius 2 is 0.542 bits per heavy atom. The molecule has 8 bridgehead atoms. The van der Waals surface area contributed by atoms with E-state index in [4.69, 9.17) is 48.9 Å². The van der Waals surface area contributed by atoms with Crippen molar-refractivity contribution in [1.82, 2.24) is 39.9 Å². The van der Waals surface area contributed by atoms with E-state index in [1.165, 1.54) is 0 Å². The first-order valence-electron chi connectivity index (χ1n) is 32.6. The van der Waals surface area contributed by atoms with Crippen LogP contribution in [0.15, 0.2) is 170 Å². The number of aromatic amines is 2. The summed E-state index contributed by atoms with van der Waals surface area (Å²) in [5.41, 5.74) is 13.3. The van der Waals surface area contributed by atoms with E-state index in [9.17, 15) is 20.4 Å². The Morgan fingerprint density at radius 3 is 0.833 bits per heavy atom. The summed E-state index contributed by atoms with van der Waals surface area (Å²) in [5, 5.41) is 43.2. The number of hydrogen-bond donors (Lipinski definition) is 6. The van der Waals surface area contributed by atoms with Gasteiger partial charge in [-0.1, -0.05) is 70.8 Å². The number of aromatic nitrogens is 8. The number of aryl methyl sites for hydroxylation is 4. The largest absolute Gasteiger partial charge is 0.492 e. The summed E-state index contributed by atoms with van der Waals surface area (Å²) >= 11 is 0. The zero-order valence-corrected chi connectivity index (χ0v) is 54.4. The standard InChI is InChI=1S/C76H78N12O8/c1-49-5-13-53(14-6-49)85(29-37-89)33-41-93-57-21-25-61-65(45-57)73-77-69(61)82-74-67-47-59(95-43-35-87(31-39-91)55-17-9-51(3)10-18-55)23-27-63(67)71(79-74)84-76-68-48-60(96-44-36-88(32-40-92)56-19-11-52(4)12-20-56)24-28-64(68)72(80-76)83-75-66-46-58(22-26-62(66)70(78-75)81-73)94-42-34-86(30-38-90)54-15-7-50(2)8-16-54/h5-28,45-48,89-92H,29-44H2,1-4H3,(H2,77,78,79,80,81,82,83,84). The molecule has 0 saturated heterocycles. The lowest BCUT2D eigenvalue weighted by atomic mass is 10.1. The number of benzene rings is 8. The number of aliphatic hydroxyl groups is 4. The average Bonchev–Trinajstić information content (AvgIpc) is 1.61. The zero-order chi connectivity index (χ0) is 66.1. The highest BCUT2D eigenvalue weighted by molar-refractivity contribution is 6.07. The first-order valence-corrected chi connectivity index (χ1v) is 32.6. The van der Waals surface area contributed by atoms with E-state index >= 15 is 0 Å². The molecule has 2 aliphatic heterocycles. The van der Waals surface area contributed by atoms with E-state index in [0.717, 1.165) is 77.7 Å². The molecule has 0 atom stereocenters. The zero-order valence-electron chi connectivity index (χ0n) is 54.4. The van der Waals surface area contributed by atoms with E-state index in [1.807, 2.05) is 72.8 Å². The highest BCUT2D eigenvalue weighted by atomic mass is 16.5. The second kappa shape index (κ2) is 29.3. The molecule has 11 aromatic rings. The van der Waals surface area contributed by atoms with Crippen LogP contribution in [0.5, 0.6) is 23.0 Å². The molecule has 0 radical (unpaired) electrons. The second-order valence-electron chi connectivity index (χ2n) is 24.0. The van der Waals surface area contributed by atoms with Crippen LogP contribution in [0.1, 0.15) is 22.3 Å². The maximum Gasteiger partial charge on any atom is 0.164 e. The summed E-state index contributed by atoms with van der Waals surface area (Å²) < 4.78 is 26.1. The van der Waals surface area contributed by atoms with Crippen molar-refractivity contribution in [2.45, 2.75) is 27.7 Å². The Bertz CT molecular complexity index is 4400. The molecule has 0 aliphatic carbocycles. The van der Waals surface area contributed by atoms with Gasteiger partial charge in [0.2, 0.25) is 0 Å². The third kappa shape index (κ3) is 14.5. The van der Waals surface area contributed by atoms with Crippen LogP contribution >= 0.6 is 0 Å². The number of fused-ring (bicyclic) bond motifs is 20. The number of nitrogens with zero attached hydrogens (tertiary/aromatic N) is 10. The van der Waals surface area contributed by atoms with Crippen molar-refractivity contribution in [3.63, 3.8) is 0 Å². The van der Waals surface area contributed by atoms with Gasteiger partial charge in [0.05, 0.1) is 52.6 Å². The molecule has 20 nitrogen and oxygen atoms in total. The molecule has 6 N–H and O–H groups in total. The molecule has 3 aromatic heterocycles. The molecule has 13 rings (SSSR count). The molecule has 2 aliphatic rings. The molecule has 0 amide bonds. The van der Waals surface area contributed by atoms with E-state index in [2.05, 4.69) is 154 Å². The van der Waals surface area contributed by atoms with Gasteiger partial charge in [0.25, 0.3) is 0 Å². The van der Waals surface area contributed by atoms with E-state index < -0.39 is 0 Å². The Labute approximate surface area is 556 Å². The van der Waals surface area contributed by atoms with Crippen molar-refractivity contribution in [2.24, 2.45) is 0 Å². The van der Waals surface area contributed by atoms with Crippen LogP contribution in [0.4, 0.5) is 22.7 Å². The number of anilines is 4. The van der Waals surface area contributed by atoms with Gasteiger partial charge in [0.15, 0.2) is 23.3 Å². The quantitative estimate of drug-likeness (QED) is 0.0267. The molecule has 0 spiro atoms. The van der Waals surface area contributed by atoms with E-state index in [-0.39, 0.29) is 26.4 Å². The lowest BCUT2D eigenvalue weighted by molar-refractivity contribution is 0.289. The van der Waals surface area contributed by atoms with Crippen LogP contribution in [0.2, 0.25) is 0 Å². The summed E-state index contributed by atoms with van der Waals surface area (Å²) in [4.78, 5) is 47.5. The van der Waals surface area contributed by atoms with Gasteiger partial charge >= 0.3 is 0 Å². The minimum atomic E-state index is -0.00955. The van der Waals surface area contributed by atoms with Gasteiger partial charge in [0.1, 0.15) is 72.0 Å². The molecule has 0 unspecified atom stereocenters. The first-order chi connectivity index (χ1) is 47.0. The van der Waals surface area contributed by atoms with Gasteiger partial charge < -0.3 is 68.9 Å². The second-order valence-corrected chi connectivity index (χ2v) is 24.0. The maximum absolute atomic E-state index is 10.1. The number of rotatable bonds is 28. The van der Waals surface area contributed by atoms with Crippen molar-refractivity contribution >= 4 is 66.9 Å². The van der Waals surface area contributed by atoms with Crippen molar-refractivity contribution < 1.29 is 39.4 Å². The number of ether oxygens (including phenoxy) is 4. The van der Waals surface area contributed by atoms with Gasteiger partial charge in [-0.3, -0.25) is 0 Å². The van der Waals surface area contributed by atoms with Gasteiger partial charge in [-0.05, 0) is 149 Å². The smallest absolute Gasteiger partial charge is 0.164 e. The maximum atomic E-state index is 10.1. The molecule has 8 aromatic carbocycles. The predicted octanol–water partition coefficient (Wildman–Crippen LogP) is 11.6. The monoisotopic (exact) mass is 1290 g/mol. The lowest BCUT2D eigenvalue weighted by Crippen LogP contribution is -2.31. The Morgan fingerprint density at radius 1 is 0.281 bits per heavy atom. The summed E-state index contributed by atoms with van der Waals surface area (Å²) in [7, 11) is 0. The summed E-state index contributed by atoms with van der Waals surface area (Å²) in [6, 6.07) is 56.3. The summed E-state index contributed by atoms with van der Waals surface area (Å²) in [6.07, 6.45) is 0. The van der Waals surface area contributed by atoms with Crippen molar-refractivity contribution in [1.29, 1.82) is 0 Å². The third-order valence-electron chi connectivity index (χ3n) is 17.3. The lowest BCUT2D eigenvalue weighted by Gasteiger charge is -2.24. The summed E-state index contributed by atoms with van der Waals surface area (Å²) in [5.74, 6) is 3.97. The van der Waals surface area contributed by atoms with Gasteiger partial charge in [0, 0.05) is 92.7 Å². The Balaban J connectivity index is 0.932. The Kier molecular flexibility index (Phi) is 19.6. The van der Waals surface area contributed by atoms with E-state index in [1.54, 1.807) is 0 Å². The molecular formula is C76H78N12O8. The molecule has 0 saturated carbocycles. The predicted molar refractivity (Wildman–Crippen MR) is 380 cm³/mol. The molecule has 5 heterocycles. The van der Waals surface area contributed by atoms with Crippen molar-refractivity contribution in [2.75, 3.05) is 125 Å². The molecule has 96 heavy (non-hydrogen) atoms. The van der Waals surface area contributed by atoms with Gasteiger partial charge in [-0.2, -0.15) is 0 Å². The molecular weight excluding hydrogens is 1210 g/mol. The SMILES string of the molecule is Cc1ccc(N(CCO)CCOc2ccc3c(c2)-c2nc-3nc3[nH]c(nc4nc(nc5[nH]c(n2)c2ccc(OCCN(CCO)c6ccc(C)cc6)cc52)-c2ccc(OCCN(CCO)c5ccc(C)cc5)cc2-4)c2ccc(OCCN(CCO)c4ccc(C)cc4)cc32)cc1. The molecule has 0 fully saturated rings. The highest BCUT2D eigenvalue weighted by Gasteiger charge is 2.25. The van der Waals surface area contributed by atoms with Crippen LogP contribution in [0, 0.1) is 27.7 Å². The number of H-pyrrole nitrogens is 2. The van der Waals surface area contributed by atoms with E-state index in [0.29, 0.717) is 159 Å². The number of hydrogen-bond acceptors (Lipinski definition) is 18. The van der Waals surface area contributed by atoms with Crippen molar-refractivity contribution in [3.8, 4) is 68.5 Å². The van der Waals surface area contributed by atoms with Crippen LogP contribution < -0.4 is 38.5 Å². The number of aliphatic hydroxyl groups excluding tert-OH is 4. The van der Waals surface area contributed by atoms with Crippen LogP contribution in [0.3, 0.4) is 0 Å². The average molecular weight is 1290 g/mol.